The van der Waals surface area contributed by atoms with E-state index in [1.54, 1.807) is 4.90 Å². The maximum Gasteiger partial charge on any atom is 0.108 e. The first-order chi connectivity index (χ1) is 36.0. The number of unbranched alkanes of at least 4 members (excludes halogenated alkanes) is 3. The third-order valence-corrected chi connectivity index (χ3v) is 14.9. The molecule has 2 nitrogen and oxygen atoms in total. The van der Waals surface area contributed by atoms with Crippen LogP contribution in [0.1, 0.15) is 99.3 Å². The zero-order valence-electron chi connectivity index (χ0n) is 45.9. The summed E-state index contributed by atoms with van der Waals surface area (Å²) in [6.07, 6.45) is 9.82. The molecule has 0 aliphatic carbocycles. The van der Waals surface area contributed by atoms with Crippen LogP contribution in [-0.4, -0.2) is 51.6 Å². The number of benzene rings is 8. The first-order valence-corrected chi connectivity index (χ1v) is 28.5. The highest BCUT2D eigenvalue weighted by molar-refractivity contribution is 7.20. The van der Waals surface area contributed by atoms with Crippen molar-refractivity contribution in [2.24, 2.45) is 0 Å². The molecule has 0 saturated heterocycles. The Labute approximate surface area is 444 Å². The molecule has 0 aliphatic heterocycles. The minimum Gasteiger partial charge on any atom is -0.335 e. The van der Waals surface area contributed by atoms with Crippen molar-refractivity contribution in [2.75, 3.05) is 39.3 Å². The average molecular weight is 969 g/mol. The SMILES string of the molecule is CCCC[NH+](CCCC)CCCC.CCC[NH+](CCC)CCC.c1ccc([B-](c2ccccc2)(c2ccccc2)c2ccccc2)cc1.c1ccc([B-](c2ccccc2)(c2ccccc2)c2ccccc2)cc1. The summed E-state index contributed by atoms with van der Waals surface area (Å²) in [6.45, 7) is 22.0. The fraction of sp³-hybridized carbons (Fsp3) is 0.304. The second-order valence-corrected chi connectivity index (χ2v) is 20.1. The topological polar surface area (TPSA) is 8.88 Å². The van der Waals surface area contributed by atoms with Crippen LogP contribution in [0.2, 0.25) is 0 Å². The molecule has 8 rings (SSSR count). The molecule has 73 heavy (non-hydrogen) atoms. The third kappa shape index (κ3) is 16.7. The molecule has 0 fully saturated rings. The highest BCUT2D eigenvalue weighted by atomic mass is 15.1. The molecule has 0 heterocycles. The summed E-state index contributed by atoms with van der Waals surface area (Å²) in [5.74, 6) is 0. The van der Waals surface area contributed by atoms with E-state index in [-0.39, 0.29) is 0 Å². The van der Waals surface area contributed by atoms with Gasteiger partial charge in [-0.3, -0.25) is 0 Å². The summed E-state index contributed by atoms with van der Waals surface area (Å²) in [5.41, 5.74) is 10.7. The normalized spacial score (nSPS) is 11.1. The van der Waals surface area contributed by atoms with E-state index in [4.69, 9.17) is 0 Å². The van der Waals surface area contributed by atoms with Gasteiger partial charge < -0.3 is 9.80 Å². The Hall–Kier alpha value is -6.19. The van der Waals surface area contributed by atoms with Crippen molar-refractivity contribution < 1.29 is 9.80 Å². The largest absolute Gasteiger partial charge is 0.335 e. The van der Waals surface area contributed by atoms with Gasteiger partial charge in [-0.1, -0.05) is 303 Å². The van der Waals surface area contributed by atoms with Crippen molar-refractivity contribution >= 4 is 56.0 Å². The summed E-state index contributed by atoms with van der Waals surface area (Å²) in [7, 11) is 0. The van der Waals surface area contributed by atoms with E-state index >= 15 is 0 Å². The third-order valence-electron chi connectivity index (χ3n) is 14.9. The highest BCUT2D eigenvalue weighted by Crippen LogP contribution is 2.11. The Morgan fingerprint density at radius 1 is 0.205 bits per heavy atom. The van der Waals surface area contributed by atoms with Crippen molar-refractivity contribution in [3.05, 3.63) is 243 Å². The summed E-state index contributed by atoms with van der Waals surface area (Å²) in [6, 6.07) is 87.1. The average Bonchev–Trinajstić information content (AvgIpc) is 3.46. The Morgan fingerprint density at radius 3 is 0.493 bits per heavy atom. The van der Waals surface area contributed by atoms with Gasteiger partial charge in [-0.2, -0.15) is 43.7 Å². The number of quaternary nitrogens is 2. The molecule has 0 spiro atoms. The summed E-state index contributed by atoms with van der Waals surface area (Å²) in [4.78, 5) is 3.62. The first kappa shape index (κ1) is 57.7. The van der Waals surface area contributed by atoms with Crippen LogP contribution < -0.4 is 53.5 Å². The van der Waals surface area contributed by atoms with Gasteiger partial charge in [-0.25, -0.2) is 0 Å². The van der Waals surface area contributed by atoms with Crippen molar-refractivity contribution in [1.29, 1.82) is 0 Å². The smallest absolute Gasteiger partial charge is 0.108 e. The van der Waals surface area contributed by atoms with Crippen LogP contribution in [0.5, 0.6) is 0 Å². The van der Waals surface area contributed by atoms with E-state index in [0.717, 1.165) is 0 Å². The molecule has 0 atom stereocenters. The van der Waals surface area contributed by atoms with Crippen LogP contribution >= 0.6 is 0 Å². The second kappa shape index (κ2) is 33.5. The molecule has 0 bridgehead atoms. The molecule has 8 aromatic rings. The maximum atomic E-state index is 2.29. The molecule has 0 unspecified atom stereocenters. The van der Waals surface area contributed by atoms with Gasteiger partial charge in [0.2, 0.25) is 0 Å². The van der Waals surface area contributed by atoms with Gasteiger partial charge in [0.25, 0.3) is 0 Å². The van der Waals surface area contributed by atoms with E-state index in [2.05, 4.69) is 284 Å². The number of hydrogen-bond donors (Lipinski definition) is 2. The number of rotatable bonds is 23. The van der Waals surface area contributed by atoms with Crippen LogP contribution in [0.15, 0.2) is 243 Å². The zero-order chi connectivity index (χ0) is 51.7. The standard InChI is InChI=1S/2C24H20B.C12H27N.C9H21N/c2*1-5-13-21(14-6-1)25(22-15-7-2-8-16-22,23-17-9-3-10-18-23)24-19-11-4-12-20-24;1-4-7-10-13(11-8-5-2)12-9-6-3;1-4-7-10(8-5-2)9-6-3/h2*1-20H;4-12H2,1-3H3;4-9H2,1-3H3/q2*-1;;/p+2. The molecule has 8 aromatic carbocycles. The molecule has 2 N–H and O–H groups in total. The molecular formula is C69H90B2N2. The molecular weight excluding hydrogens is 878 g/mol. The fourth-order valence-corrected chi connectivity index (χ4v) is 11.3. The summed E-state index contributed by atoms with van der Waals surface area (Å²) < 4.78 is 0. The van der Waals surface area contributed by atoms with Gasteiger partial charge >= 0.3 is 0 Å². The van der Waals surface area contributed by atoms with Crippen LogP contribution in [0.3, 0.4) is 0 Å². The Balaban J connectivity index is 0.000000194. The molecule has 0 radical (unpaired) electrons. The Morgan fingerprint density at radius 2 is 0.356 bits per heavy atom. The van der Waals surface area contributed by atoms with Gasteiger partial charge in [0.05, 0.1) is 39.3 Å². The van der Waals surface area contributed by atoms with Gasteiger partial charge in [-0.05, 0) is 38.5 Å². The monoisotopic (exact) mass is 969 g/mol. The summed E-state index contributed by atoms with van der Waals surface area (Å²) in [5, 5.41) is 0. The lowest BCUT2D eigenvalue weighted by Gasteiger charge is -2.44. The lowest BCUT2D eigenvalue weighted by atomic mass is 9.13. The fourth-order valence-electron chi connectivity index (χ4n) is 11.3. The molecule has 0 saturated carbocycles. The van der Waals surface area contributed by atoms with Gasteiger partial charge in [0.15, 0.2) is 0 Å². The number of hydrogen-bond acceptors (Lipinski definition) is 0. The molecule has 4 heteroatoms. The minimum absolute atomic E-state index is 1.22. The molecule has 0 amide bonds. The van der Waals surface area contributed by atoms with Crippen molar-refractivity contribution in [2.45, 2.75) is 99.3 Å². The van der Waals surface area contributed by atoms with Gasteiger partial charge in [0.1, 0.15) is 12.3 Å². The van der Waals surface area contributed by atoms with Gasteiger partial charge in [-0.15, -0.1) is 0 Å². The van der Waals surface area contributed by atoms with E-state index in [0.29, 0.717) is 0 Å². The lowest BCUT2D eigenvalue weighted by Crippen LogP contribution is -3.12. The zero-order valence-corrected chi connectivity index (χ0v) is 45.9. The Kier molecular flexibility index (Phi) is 26.5. The molecule has 382 valence electrons. The van der Waals surface area contributed by atoms with Crippen molar-refractivity contribution in [3.63, 3.8) is 0 Å². The lowest BCUT2D eigenvalue weighted by molar-refractivity contribution is -0.900. The predicted octanol–water partition coefficient (Wildman–Crippen LogP) is 9.50. The highest BCUT2D eigenvalue weighted by Gasteiger charge is 2.32. The molecule has 0 aliphatic rings. The Bertz CT molecular complexity index is 2020. The summed E-state index contributed by atoms with van der Waals surface area (Å²) >= 11 is 0. The van der Waals surface area contributed by atoms with E-state index in [1.165, 1.54) is 141 Å². The van der Waals surface area contributed by atoms with E-state index < -0.39 is 12.3 Å². The first-order valence-electron chi connectivity index (χ1n) is 28.5. The van der Waals surface area contributed by atoms with Gasteiger partial charge in [0, 0.05) is 0 Å². The maximum absolute atomic E-state index is 2.29. The van der Waals surface area contributed by atoms with Crippen molar-refractivity contribution in [3.8, 4) is 0 Å². The number of nitrogens with one attached hydrogen (secondary N) is 2. The van der Waals surface area contributed by atoms with Crippen molar-refractivity contribution in [1.82, 2.24) is 0 Å². The van der Waals surface area contributed by atoms with E-state index in [9.17, 15) is 0 Å². The van der Waals surface area contributed by atoms with Crippen LogP contribution in [0.4, 0.5) is 0 Å². The van der Waals surface area contributed by atoms with Crippen LogP contribution in [0, 0.1) is 0 Å². The van der Waals surface area contributed by atoms with Crippen LogP contribution in [0.25, 0.3) is 0 Å². The molecule has 0 aromatic heterocycles. The van der Waals surface area contributed by atoms with E-state index in [1.807, 2.05) is 4.90 Å². The second-order valence-electron chi connectivity index (χ2n) is 20.1. The minimum atomic E-state index is -1.22. The van der Waals surface area contributed by atoms with Crippen LogP contribution in [-0.2, 0) is 0 Å². The quantitative estimate of drug-likeness (QED) is 0.0592. The predicted molar refractivity (Wildman–Crippen MR) is 327 cm³/mol.